The monoisotopic (exact) mass is 377 g/mol. The van der Waals surface area contributed by atoms with Gasteiger partial charge in [-0.3, -0.25) is 4.79 Å². The largest absolute Gasteiger partial charge is 0.478 e. The molecule has 1 heterocycles. The van der Waals surface area contributed by atoms with Gasteiger partial charge in [-0.1, -0.05) is 0 Å². The molecule has 23 heavy (non-hydrogen) atoms. The number of carbonyl (C=O) groups is 2. The number of aromatic nitrogens is 2. The predicted octanol–water partition coefficient (Wildman–Crippen LogP) is 2.56. The summed E-state index contributed by atoms with van der Waals surface area (Å²) >= 11 is 3.22. The number of hydrogen-bond donors (Lipinski definition) is 1. The van der Waals surface area contributed by atoms with Gasteiger partial charge in [0.2, 0.25) is 5.82 Å². The Labute approximate surface area is 140 Å². The topological polar surface area (TPSA) is 102 Å². The van der Waals surface area contributed by atoms with Crippen LogP contribution in [0.5, 0.6) is 0 Å². The van der Waals surface area contributed by atoms with Gasteiger partial charge in [-0.25, -0.2) is 14.8 Å². The van der Waals surface area contributed by atoms with Gasteiger partial charge in [-0.15, -0.1) is 0 Å². The molecule has 1 amide bonds. The fraction of sp³-hybridized carbons (Fsp3) is 0.133. The third kappa shape index (κ3) is 4.43. The van der Waals surface area contributed by atoms with Crippen molar-refractivity contribution in [1.29, 1.82) is 0 Å². The average molecular weight is 378 g/mol. The number of carboxylic acids is 1. The second kappa shape index (κ2) is 7.59. The summed E-state index contributed by atoms with van der Waals surface area (Å²) in [5.74, 6) is -1.44. The summed E-state index contributed by atoms with van der Waals surface area (Å²) in [4.78, 5) is 34.9. The van der Waals surface area contributed by atoms with Crippen LogP contribution in [-0.4, -0.2) is 39.5 Å². The summed E-state index contributed by atoms with van der Waals surface area (Å²) in [6.07, 6.45) is 3.03. The number of hydrogen-bond acceptors (Lipinski definition) is 5. The molecule has 7 nitrogen and oxygen atoms in total. The van der Waals surface area contributed by atoms with Crippen molar-refractivity contribution in [1.82, 2.24) is 9.97 Å². The molecule has 1 aromatic heterocycles. The SMILES string of the molecule is CCOC(=NC(=O)c1ccc(C(=O)O)cc1)c1ncc(Br)cn1. The van der Waals surface area contributed by atoms with E-state index in [4.69, 9.17) is 9.84 Å². The zero-order valence-electron chi connectivity index (χ0n) is 12.1. The number of nitrogens with zero attached hydrogens (tertiary/aromatic N) is 3. The number of aliphatic imine (C=N–C) groups is 1. The second-order valence-corrected chi connectivity index (χ2v) is 5.18. The Morgan fingerprint density at radius 2 is 1.74 bits per heavy atom. The van der Waals surface area contributed by atoms with Crippen LogP contribution in [0.1, 0.15) is 33.5 Å². The Balaban J connectivity index is 2.29. The lowest BCUT2D eigenvalue weighted by molar-refractivity contribution is 0.0696. The van der Waals surface area contributed by atoms with E-state index in [0.717, 1.165) is 0 Å². The number of amides is 1. The van der Waals surface area contributed by atoms with Gasteiger partial charge in [0.15, 0.2) is 0 Å². The number of rotatable bonds is 4. The van der Waals surface area contributed by atoms with Crippen LogP contribution in [0, 0.1) is 0 Å². The van der Waals surface area contributed by atoms with Crippen molar-refractivity contribution < 1.29 is 19.4 Å². The predicted molar refractivity (Wildman–Crippen MR) is 85.6 cm³/mol. The van der Waals surface area contributed by atoms with Crippen molar-refractivity contribution in [2.24, 2.45) is 4.99 Å². The third-order valence-corrected chi connectivity index (χ3v) is 3.08. The minimum atomic E-state index is -1.06. The molecule has 0 saturated carbocycles. The molecule has 118 valence electrons. The number of carbonyl (C=O) groups excluding carboxylic acids is 1. The molecule has 0 aliphatic carbocycles. The Bertz CT molecular complexity index is 742. The lowest BCUT2D eigenvalue weighted by Crippen LogP contribution is -2.13. The molecule has 0 atom stereocenters. The highest BCUT2D eigenvalue weighted by Crippen LogP contribution is 2.09. The van der Waals surface area contributed by atoms with Crippen molar-refractivity contribution in [2.75, 3.05) is 6.61 Å². The van der Waals surface area contributed by atoms with Crippen LogP contribution in [-0.2, 0) is 4.74 Å². The molecule has 0 aliphatic rings. The summed E-state index contributed by atoms with van der Waals surface area (Å²) in [7, 11) is 0. The van der Waals surface area contributed by atoms with Crippen LogP contribution in [0.15, 0.2) is 46.1 Å². The molecular weight excluding hydrogens is 366 g/mol. The summed E-state index contributed by atoms with van der Waals surface area (Å²) in [6.45, 7) is 2.05. The molecule has 0 unspecified atom stereocenters. The molecule has 0 radical (unpaired) electrons. The lowest BCUT2D eigenvalue weighted by Gasteiger charge is -2.05. The van der Waals surface area contributed by atoms with E-state index in [0.29, 0.717) is 11.1 Å². The molecule has 0 spiro atoms. The van der Waals surface area contributed by atoms with Crippen molar-refractivity contribution >= 4 is 33.7 Å². The van der Waals surface area contributed by atoms with Crippen molar-refractivity contribution in [3.63, 3.8) is 0 Å². The van der Waals surface area contributed by atoms with Gasteiger partial charge >= 0.3 is 5.97 Å². The molecule has 2 aromatic rings. The van der Waals surface area contributed by atoms with Crippen molar-refractivity contribution in [3.05, 3.63) is 58.1 Å². The standard InChI is InChI=1S/C15H12BrN3O4/c1-2-23-14(12-17-7-11(16)8-18-12)19-13(20)9-3-5-10(6-4-9)15(21)22/h3-8H,2H2,1H3,(H,21,22). The van der Waals surface area contributed by atoms with Crippen molar-refractivity contribution in [3.8, 4) is 0 Å². The van der Waals surface area contributed by atoms with E-state index in [2.05, 4.69) is 30.9 Å². The quantitative estimate of drug-likeness (QED) is 0.648. The Morgan fingerprint density at radius 3 is 2.26 bits per heavy atom. The number of benzene rings is 1. The smallest absolute Gasteiger partial charge is 0.335 e. The molecule has 2 rings (SSSR count). The Morgan fingerprint density at radius 1 is 1.17 bits per heavy atom. The van der Waals surface area contributed by atoms with Crippen LogP contribution in [0.3, 0.4) is 0 Å². The fourth-order valence-electron chi connectivity index (χ4n) is 1.62. The van der Waals surface area contributed by atoms with Gasteiger partial charge in [0.1, 0.15) is 0 Å². The van der Waals surface area contributed by atoms with Crippen molar-refractivity contribution in [2.45, 2.75) is 6.92 Å². The summed E-state index contributed by atoms with van der Waals surface area (Å²) in [5, 5.41) is 8.85. The summed E-state index contributed by atoms with van der Waals surface area (Å²) in [5.41, 5.74) is 0.330. The average Bonchev–Trinajstić information content (AvgIpc) is 2.55. The fourth-order valence-corrected chi connectivity index (χ4v) is 1.82. The second-order valence-electron chi connectivity index (χ2n) is 4.26. The van der Waals surface area contributed by atoms with Crippen LogP contribution in [0.25, 0.3) is 0 Å². The van der Waals surface area contributed by atoms with E-state index in [-0.39, 0.29) is 22.8 Å². The molecule has 8 heteroatoms. The number of halogens is 1. The van der Waals surface area contributed by atoms with Crippen LogP contribution < -0.4 is 0 Å². The first-order chi connectivity index (χ1) is 11.0. The van der Waals surface area contributed by atoms with E-state index < -0.39 is 11.9 Å². The summed E-state index contributed by atoms with van der Waals surface area (Å²) in [6, 6.07) is 5.45. The highest BCUT2D eigenvalue weighted by Gasteiger charge is 2.13. The van der Waals surface area contributed by atoms with E-state index in [1.165, 1.54) is 36.7 Å². The summed E-state index contributed by atoms with van der Waals surface area (Å²) < 4.78 is 6.00. The van der Waals surface area contributed by atoms with Gasteiger partial charge in [0.05, 0.1) is 16.6 Å². The third-order valence-electron chi connectivity index (χ3n) is 2.67. The Hall–Kier alpha value is -2.61. The van der Waals surface area contributed by atoms with Crippen LogP contribution in [0.4, 0.5) is 0 Å². The van der Waals surface area contributed by atoms with Gasteiger partial charge in [0, 0.05) is 18.0 Å². The normalized spacial score (nSPS) is 11.1. The molecule has 0 bridgehead atoms. The van der Waals surface area contributed by atoms with Gasteiger partial charge in [-0.2, -0.15) is 4.99 Å². The Kier molecular flexibility index (Phi) is 5.53. The minimum Gasteiger partial charge on any atom is -0.478 e. The maximum Gasteiger partial charge on any atom is 0.335 e. The zero-order valence-corrected chi connectivity index (χ0v) is 13.6. The van der Waals surface area contributed by atoms with E-state index in [1.54, 1.807) is 6.92 Å². The molecule has 1 aromatic carbocycles. The highest BCUT2D eigenvalue weighted by molar-refractivity contribution is 9.10. The molecule has 0 saturated heterocycles. The first kappa shape index (κ1) is 16.8. The zero-order chi connectivity index (χ0) is 16.8. The first-order valence-corrected chi connectivity index (χ1v) is 7.37. The number of carboxylic acid groups (broad SMARTS) is 1. The number of aromatic carboxylic acids is 1. The van der Waals surface area contributed by atoms with Gasteiger partial charge < -0.3 is 9.84 Å². The molecule has 0 fully saturated rings. The van der Waals surface area contributed by atoms with E-state index >= 15 is 0 Å². The van der Waals surface area contributed by atoms with Crippen LogP contribution in [0.2, 0.25) is 0 Å². The van der Waals surface area contributed by atoms with Crippen LogP contribution >= 0.6 is 15.9 Å². The minimum absolute atomic E-state index is 0.00677. The first-order valence-electron chi connectivity index (χ1n) is 6.58. The highest BCUT2D eigenvalue weighted by atomic mass is 79.9. The molecular formula is C15H12BrN3O4. The van der Waals surface area contributed by atoms with Gasteiger partial charge in [-0.05, 0) is 47.1 Å². The lowest BCUT2D eigenvalue weighted by atomic mass is 10.1. The molecule has 1 N–H and O–H groups in total. The van der Waals surface area contributed by atoms with Gasteiger partial charge in [0.25, 0.3) is 11.8 Å². The van der Waals surface area contributed by atoms with E-state index in [9.17, 15) is 9.59 Å². The van der Waals surface area contributed by atoms with E-state index in [1.807, 2.05) is 0 Å². The molecule has 0 aliphatic heterocycles. The maximum atomic E-state index is 12.2. The number of ether oxygens (including phenoxy) is 1. The maximum absolute atomic E-state index is 12.2.